The first-order valence-corrected chi connectivity index (χ1v) is 4.01. The summed E-state index contributed by atoms with van der Waals surface area (Å²) < 4.78 is 5.20. The number of fused-ring (bicyclic) bond motifs is 1. The molecule has 0 saturated heterocycles. The van der Waals surface area contributed by atoms with Crippen LogP contribution in [-0.4, -0.2) is 4.98 Å². The molecular weight excluding hydrogens is 166 g/mol. The first-order chi connectivity index (χ1) is 6.09. The fourth-order valence-electron chi connectivity index (χ4n) is 1.41. The molecule has 0 saturated carbocycles. The van der Waals surface area contributed by atoms with E-state index >= 15 is 0 Å². The van der Waals surface area contributed by atoms with E-state index in [2.05, 4.69) is 4.98 Å². The summed E-state index contributed by atoms with van der Waals surface area (Å²) in [6.45, 7) is 3.84. The van der Waals surface area contributed by atoms with Crippen molar-refractivity contribution in [2.75, 3.05) is 11.5 Å². The van der Waals surface area contributed by atoms with E-state index in [9.17, 15) is 0 Å². The molecule has 13 heavy (non-hydrogen) atoms. The molecule has 2 rings (SSSR count). The molecule has 1 aromatic heterocycles. The second-order valence-electron chi connectivity index (χ2n) is 3.13. The van der Waals surface area contributed by atoms with Crippen LogP contribution in [0.3, 0.4) is 0 Å². The average molecular weight is 177 g/mol. The van der Waals surface area contributed by atoms with Crippen molar-refractivity contribution >= 4 is 22.8 Å². The van der Waals surface area contributed by atoms with E-state index in [1.165, 1.54) is 0 Å². The van der Waals surface area contributed by atoms with Gasteiger partial charge in [-0.15, -0.1) is 0 Å². The van der Waals surface area contributed by atoms with E-state index in [4.69, 9.17) is 15.9 Å². The van der Waals surface area contributed by atoms with Gasteiger partial charge in [-0.3, -0.25) is 0 Å². The summed E-state index contributed by atoms with van der Waals surface area (Å²) in [4.78, 5) is 4.05. The lowest BCUT2D eigenvalue weighted by Crippen LogP contribution is -1.93. The topological polar surface area (TPSA) is 78.1 Å². The largest absolute Gasteiger partial charge is 0.424 e. The van der Waals surface area contributed by atoms with E-state index in [-0.39, 0.29) is 6.01 Å². The van der Waals surface area contributed by atoms with Gasteiger partial charge in [0.05, 0.1) is 0 Å². The molecule has 1 aromatic carbocycles. The molecule has 0 spiro atoms. The second kappa shape index (κ2) is 2.39. The van der Waals surface area contributed by atoms with Gasteiger partial charge in [0, 0.05) is 11.3 Å². The van der Waals surface area contributed by atoms with Crippen molar-refractivity contribution in [3.8, 4) is 0 Å². The van der Waals surface area contributed by atoms with Gasteiger partial charge in [0.2, 0.25) is 0 Å². The van der Waals surface area contributed by atoms with Gasteiger partial charge in [0.1, 0.15) is 5.52 Å². The third-order valence-electron chi connectivity index (χ3n) is 2.20. The van der Waals surface area contributed by atoms with Crippen LogP contribution < -0.4 is 11.5 Å². The number of anilines is 2. The van der Waals surface area contributed by atoms with E-state index in [1.807, 2.05) is 19.9 Å². The molecule has 68 valence electrons. The Kier molecular flexibility index (Phi) is 1.45. The van der Waals surface area contributed by atoms with Crippen LogP contribution >= 0.6 is 0 Å². The maximum absolute atomic E-state index is 5.83. The number of hydrogen-bond donors (Lipinski definition) is 2. The predicted octanol–water partition coefficient (Wildman–Crippen LogP) is 1.61. The number of aromatic nitrogens is 1. The van der Waals surface area contributed by atoms with Crippen LogP contribution in [0.4, 0.5) is 11.7 Å². The monoisotopic (exact) mass is 177 g/mol. The van der Waals surface area contributed by atoms with E-state index < -0.39 is 0 Å². The summed E-state index contributed by atoms with van der Waals surface area (Å²) >= 11 is 0. The predicted molar refractivity (Wildman–Crippen MR) is 52.3 cm³/mol. The second-order valence-corrected chi connectivity index (χ2v) is 3.13. The van der Waals surface area contributed by atoms with Gasteiger partial charge in [-0.1, -0.05) is 0 Å². The summed E-state index contributed by atoms with van der Waals surface area (Å²) in [6, 6.07) is 2.03. The van der Waals surface area contributed by atoms with Crippen molar-refractivity contribution < 1.29 is 4.42 Å². The van der Waals surface area contributed by atoms with Crippen molar-refractivity contribution in [3.63, 3.8) is 0 Å². The zero-order chi connectivity index (χ0) is 9.59. The lowest BCUT2D eigenvalue weighted by atomic mass is 10.1. The molecule has 0 bridgehead atoms. The molecule has 0 radical (unpaired) electrons. The van der Waals surface area contributed by atoms with Crippen LogP contribution in [0.1, 0.15) is 11.1 Å². The molecule has 0 unspecified atom stereocenters. The Hall–Kier alpha value is -1.71. The van der Waals surface area contributed by atoms with Crippen molar-refractivity contribution in [1.82, 2.24) is 4.98 Å². The Bertz CT molecular complexity index is 473. The third kappa shape index (κ3) is 1.02. The van der Waals surface area contributed by atoms with Gasteiger partial charge in [0.15, 0.2) is 5.58 Å². The zero-order valence-corrected chi connectivity index (χ0v) is 7.59. The summed E-state index contributed by atoms with van der Waals surface area (Å²) in [6.07, 6.45) is 0. The van der Waals surface area contributed by atoms with Crippen LogP contribution in [-0.2, 0) is 0 Å². The number of oxazole rings is 1. The molecular formula is C9H11N3O. The molecule has 0 amide bonds. The maximum atomic E-state index is 5.83. The lowest BCUT2D eigenvalue weighted by Gasteiger charge is -2.02. The van der Waals surface area contributed by atoms with Crippen LogP contribution in [0.2, 0.25) is 0 Å². The van der Waals surface area contributed by atoms with E-state index in [1.54, 1.807) is 0 Å². The van der Waals surface area contributed by atoms with Crippen molar-refractivity contribution in [1.29, 1.82) is 0 Å². The highest BCUT2D eigenvalue weighted by molar-refractivity contribution is 5.84. The Balaban J connectivity index is 2.92. The molecule has 1 heterocycles. The van der Waals surface area contributed by atoms with Crippen molar-refractivity contribution in [3.05, 3.63) is 17.2 Å². The zero-order valence-electron chi connectivity index (χ0n) is 7.59. The number of hydrogen-bond acceptors (Lipinski definition) is 4. The molecule has 2 aromatic rings. The number of benzene rings is 1. The number of aryl methyl sites for hydroxylation is 2. The fourth-order valence-corrected chi connectivity index (χ4v) is 1.41. The first kappa shape index (κ1) is 7.91. The standard InChI is InChI=1S/C9H11N3O/c1-4-3-6-8(5(2)7(4)10)12-9(11)13-6/h3H,10H2,1-2H3,(H2,11,12). The molecule has 0 atom stereocenters. The average Bonchev–Trinajstić information content (AvgIpc) is 2.42. The highest BCUT2D eigenvalue weighted by Crippen LogP contribution is 2.27. The summed E-state index contributed by atoms with van der Waals surface area (Å²) in [5.74, 6) is 0. The molecule has 4 N–H and O–H groups in total. The van der Waals surface area contributed by atoms with Gasteiger partial charge in [0.25, 0.3) is 6.01 Å². The first-order valence-electron chi connectivity index (χ1n) is 4.01. The maximum Gasteiger partial charge on any atom is 0.292 e. The van der Waals surface area contributed by atoms with E-state index in [0.29, 0.717) is 5.58 Å². The molecule has 0 aliphatic rings. The minimum absolute atomic E-state index is 0.183. The summed E-state index contributed by atoms with van der Waals surface area (Å²) in [5, 5.41) is 0. The summed E-state index contributed by atoms with van der Waals surface area (Å²) in [7, 11) is 0. The van der Waals surface area contributed by atoms with Gasteiger partial charge in [-0.05, 0) is 25.5 Å². The minimum atomic E-state index is 0.183. The molecule has 4 heteroatoms. The van der Waals surface area contributed by atoms with Gasteiger partial charge in [-0.25, -0.2) is 0 Å². The summed E-state index contributed by atoms with van der Waals surface area (Å²) in [5.41, 5.74) is 15.4. The van der Waals surface area contributed by atoms with Gasteiger partial charge in [-0.2, -0.15) is 4.98 Å². The SMILES string of the molecule is Cc1cc2oc(N)nc2c(C)c1N. The Labute approximate surface area is 75.5 Å². The Morgan fingerprint density at radius 1 is 1.31 bits per heavy atom. The highest BCUT2D eigenvalue weighted by atomic mass is 16.4. The van der Waals surface area contributed by atoms with Crippen LogP contribution in [0.5, 0.6) is 0 Å². The molecule has 0 aliphatic carbocycles. The smallest absolute Gasteiger partial charge is 0.292 e. The lowest BCUT2D eigenvalue weighted by molar-refractivity contribution is 0.626. The normalized spacial score (nSPS) is 10.9. The third-order valence-corrected chi connectivity index (χ3v) is 2.20. The molecule has 0 aliphatic heterocycles. The molecule has 0 fully saturated rings. The fraction of sp³-hybridized carbons (Fsp3) is 0.222. The highest BCUT2D eigenvalue weighted by Gasteiger charge is 2.09. The van der Waals surface area contributed by atoms with Crippen molar-refractivity contribution in [2.24, 2.45) is 0 Å². The number of nitrogens with two attached hydrogens (primary N) is 2. The van der Waals surface area contributed by atoms with Crippen molar-refractivity contribution in [2.45, 2.75) is 13.8 Å². The number of nitrogen functional groups attached to an aromatic ring is 2. The van der Waals surface area contributed by atoms with Crippen LogP contribution in [0.25, 0.3) is 11.1 Å². The molecule has 4 nitrogen and oxygen atoms in total. The number of rotatable bonds is 0. The number of nitrogens with zero attached hydrogens (tertiary/aromatic N) is 1. The van der Waals surface area contributed by atoms with Gasteiger partial charge < -0.3 is 15.9 Å². The minimum Gasteiger partial charge on any atom is -0.424 e. The van der Waals surface area contributed by atoms with E-state index in [0.717, 1.165) is 22.3 Å². The van der Waals surface area contributed by atoms with Crippen LogP contribution in [0, 0.1) is 13.8 Å². The Morgan fingerprint density at radius 2 is 2.00 bits per heavy atom. The quantitative estimate of drug-likeness (QED) is 0.599. The van der Waals surface area contributed by atoms with Crippen LogP contribution in [0.15, 0.2) is 10.5 Å². The Morgan fingerprint density at radius 3 is 2.69 bits per heavy atom. The van der Waals surface area contributed by atoms with Gasteiger partial charge >= 0.3 is 0 Å².